The minimum Gasteiger partial charge on any atom is -0.453 e. The molecule has 0 bridgehead atoms. The van der Waals surface area contributed by atoms with Crippen molar-refractivity contribution in [2.45, 2.75) is 46.3 Å². The number of halogens is 2. The van der Waals surface area contributed by atoms with Crippen LogP contribution in [0, 0.1) is 11.2 Å². The highest BCUT2D eigenvalue weighted by atomic mass is 19.1. The predicted octanol–water partition coefficient (Wildman–Crippen LogP) is 4.06. The van der Waals surface area contributed by atoms with E-state index >= 15 is 4.39 Å². The third-order valence-corrected chi connectivity index (χ3v) is 5.49. The van der Waals surface area contributed by atoms with Gasteiger partial charge in [0.05, 0.1) is 16.4 Å². The summed E-state index contributed by atoms with van der Waals surface area (Å²) in [4.78, 5) is 17.1. The summed E-state index contributed by atoms with van der Waals surface area (Å²) in [5.74, 6) is -0.580. The number of nitrogens with zero attached hydrogens (tertiary/aromatic N) is 3. The highest BCUT2D eigenvalue weighted by Crippen LogP contribution is 2.40. The van der Waals surface area contributed by atoms with Gasteiger partial charge >= 0.3 is 0 Å². The number of aromatic nitrogens is 3. The van der Waals surface area contributed by atoms with E-state index < -0.39 is 29.4 Å². The first-order chi connectivity index (χ1) is 15.5. The standard InChI is InChI=1S/C23H26F2N4O4/c1-22(2,11-24)21(30)27-19-15-9-13(14-5-6-16-18(17(14)25)33-12-32-16)10-26-20(15)29(28-19)8-7-23(3,4)31/h5-6,9-10,31H,7-8,11-12H2,1-4H3,(H,27,28,30). The second-order valence-corrected chi connectivity index (χ2v) is 9.36. The maximum absolute atomic E-state index is 15.0. The number of nitrogens with one attached hydrogen (secondary N) is 1. The number of fused-ring (bicyclic) bond motifs is 2. The van der Waals surface area contributed by atoms with Gasteiger partial charge in [-0.25, -0.2) is 18.4 Å². The number of benzene rings is 1. The van der Waals surface area contributed by atoms with Gasteiger partial charge in [0.2, 0.25) is 18.4 Å². The number of carbonyl (C=O) groups excluding carboxylic acids is 1. The fraction of sp³-hybridized carbons (Fsp3) is 0.435. The fourth-order valence-corrected chi connectivity index (χ4v) is 3.33. The second kappa shape index (κ2) is 8.26. The summed E-state index contributed by atoms with van der Waals surface area (Å²) in [6.07, 6.45) is 1.88. The summed E-state index contributed by atoms with van der Waals surface area (Å²) in [5, 5.41) is 17.7. The monoisotopic (exact) mass is 460 g/mol. The molecule has 1 amide bonds. The molecule has 4 rings (SSSR count). The average Bonchev–Trinajstić information content (AvgIpc) is 3.37. The molecule has 0 saturated carbocycles. The van der Waals surface area contributed by atoms with Crippen molar-refractivity contribution >= 4 is 22.8 Å². The molecule has 0 atom stereocenters. The van der Waals surface area contributed by atoms with E-state index in [2.05, 4.69) is 15.4 Å². The topological polar surface area (TPSA) is 98.5 Å². The van der Waals surface area contributed by atoms with Gasteiger partial charge in [0.1, 0.15) is 6.67 Å². The number of hydrogen-bond acceptors (Lipinski definition) is 6. The molecule has 0 saturated heterocycles. The molecule has 0 radical (unpaired) electrons. The van der Waals surface area contributed by atoms with Crippen LogP contribution in [0.5, 0.6) is 11.5 Å². The lowest BCUT2D eigenvalue weighted by molar-refractivity contribution is -0.124. The molecule has 3 heterocycles. The van der Waals surface area contributed by atoms with E-state index in [4.69, 9.17) is 9.47 Å². The van der Waals surface area contributed by atoms with Gasteiger partial charge in [-0.1, -0.05) is 0 Å². The molecule has 0 aliphatic carbocycles. The predicted molar refractivity (Wildman–Crippen MR) is 118 cm³/mol. The van der Waals surface area contributed by atoms with E-state index in [1.54, 1.807) is 36.7 Å². The maximum atomic E-state index is 15.0. The number of aryl methyl sites for hydroxylation is 1. The van der Waals surface area contributed by atoms with Crippen LogP contribution in [0.3, 0.4) is 0 Å². The summed E-state index contributed by atoms with van der Waals surface area (Å²) in [5.41, 5.74) is -1.05. The zero-order valence-electron chi connectivity index (χ0n) is 18.9. The van der Waals surface area contributed by atoms with Gasteiger partial charge < -0.3 is 19.9 Å². The van der Waals surface area contributed by atoms with Crippen LogP contribution in [0.25, 0.3) is 22.2 Å². The van der Waals surface area contributed by atoms with Crippen molar-refractivity contribution in [1.82, 2.24) is 14.8 Å². The molecule has 8 nitrogen and oxygen atoms in total. The highest BCUT2D eigenvalue weighted by Gasteiger charge is 2.30. The van der Waals surface area contributed by atoms with E-state index in [0.29, 0.717) is 35.3 Å². The molecule has 10 heteroatoms. The van der Waals surface area contributed by atoms with Crippen molar-refractivity contribution in [1.29, 1.82) is 0 Å². The van der Waals surface area contributed by atoms with Gasteiger partial charge in [-0.05, 0) is 52.3 Å². The van der Waals surface area contributed by atoms with Crippen LogP contribution in [-0.2, 0) is 11.3 Å². The fourth-order valence-electron chi connectivity index (χ4n) is 3.33. The molecule has 0 fully saturated rings. The van der Waals surface area contributed by atoms with Crippen molar-refractivity contribution in [2.75, 3.05) is 18.8 Å². The van der Waals surface area contributed by atoms with Crippen LogP contribution in [0.2, 0.25) is 0 Å². The Morgan fingerprint density at radius 2 is 2.03 bits per heavy atom. The molecule has 3 aromatic rings. The van der Waals surface area contributed by atoms with E-state index in [-0.39, 0.29) is 23.9 Å². The molecule has 33 heavy (non-hydrogen) atoms. The molecule has 2 N–H and O–H groups in total. The van der Waals surface area contributed by atoms with E-state index in [9.17, 15) is 14.3 Å². The molecule has 176 valence electrons. The first kappa shape index (κ1) is 22.9. The Balaban J connectivity index is 1.79. The van der Waals surface area contributed by atoms with Crippen LogP contribution in [-0.4, -0.2) is 44.8 Å². The minimum absolute atomic E-state index is 0.0340. The normalized spacial score (nSPS) is 13.5. The number of hydrogen-bond donors (Lipinski definition) is 2. The maximum Gasteiger partial charge on any atom is 0.233 e. The summed E-state index contributed by atoms with van der Waals surface area (Å²) in [6.45, 7) is 5.76. The summed E-state index contributed by atoms with van der Waals surface area (Å²) >= 11 is 0. The zero-order valence-corrected chi connectivity index (χ0v) is 18.9. The van der Waals surface area contributed by atoms with Crippen LogP contribution < -0.4 is 14.8 Å². The minimum atomic E-state index is -1.25. The van der Waals surface area contributed by atoms with Crippen LogP contribution in [0.15, 0.2) is 24.4 Å². The number of ether oxygens (including phenoxy) is 2. The van der Waals surface area contributed by atoms with Crippen LogP contribution in [0.4, 0.5) is 14.6 Å². The average molecular weight is 460 g/mol. The Bertz CT molecular complexity index is 1220. The molecular formula is C23H26F2N4O4. The molecule has 1 aliphatic rings. The summed E-state index contributed by atoms with van der Waals surface area (Å²) in [6, 6.07) is 4.84. The van der Waals surface area contributed by atoms with Crippen molar-refractivity contribution in [3.63, 3.8) is 0 Å². The van der Waals surface area contributed by atoms with Crippen molar-refractivity contribution in [2.24, 2.45) is 5.41 Å². The SMILES string of the molecule is CC(C)(O)CCn1nc(NC(=O)C(C)(C)CF)c2cc(-c3ccc4c(c3F)OCO4)cnc21. The van der Waals surface area contributed by atoms with Crippen LogP contribution >= 0.6 is 0 Å². The quantitative estimate of drug-likeness (QED) is 0.552. The van der Waals surface area contributed by atoms with Gasteiger partial charge in [-0.2, -0.15) is 5.10 Å². The summed E-state index contributed by atoms with van der Waals surface area (Å²) < 4.78 is 40.4. The molecule has 0 unspecified atom stereocenters. The first-order valence-corrected chi connectivity index (χ1v) is 10.5. The third-order valence-electron chi connectivity index (χ3n) is 5.49. The van der Waals surface area contributed by atoms with Gasteiger partial charge in [0.25, 0.3) is 0 Å². The molecule has 1 aromatic carbocycles. The van der Waals surface area contributed by atoms with E-state index in [0.717, 1.165) is 0 Å². The third kappa shape index (κ3) is 4.47. The molecule has 0 spiro atoms. The van der Waals surface area contributed by atoms with E-state index in [1.807, 2.05) is 0 Å². The van der Waals surface area contributed by atoms with Crippen molar-refractivity contribution in [3.05, 3.63) is 30.2 Å². The van der Waals surface area contributed by atoms with Gasteiger partial charge in [-0.3, -0.25) is 4.79 Å². The number of aliphatic hydroxyl groups is 1. The molecule has 2 aromatic heterocycles. The second-order valence-electron chi connectivity index (χ2n) is 9.36. The molecular weight excluding hydrogens is 434 g/mol. The smallest absolute Gasteiger partial charge is 0.233 e. The number of pyridine rings is 1. The van der Waals surface area contributed by atoms with E-state index in [1.165, 1.54) is 20.0 Å². The lowest BCUT2D eigenvalue weighted by Crippen LogP contribution is -2.32. The van der Waals surface area contributed by atoms with Crippen LogP contribution in [0.1, 0.15) is 34.1 Å². The lowest BCUT2D eigenvalue weighted by Gasteiger charge is -2.18. The largest absolute Gasteiger partial charge is 0.453 e. The lowest BCUT2D eigenvalue weighted by atomic mass is 9.94. The van der Waals surface area contributed by atoms with Gasteiger partial charge in [-0.15, -0.1) is 0 Å². The Labute approximate surface area is 189 Å². The Morgan fingerprint density at radius 1 is 1.27 bits per heavy atom. The first-order valence-electron chi connectivity index (χ1n) is 10.5. The summed E-state index contributed by atoms with van der Waals surface area (Å²) in [7, 11) is 0. The number of carbonyl (C=O) groups is 1. The number of alkyl halides is 1. The van der Waals surface area contributed by atoms with Gasteiger partial charge in [0, 0.05) is 23.9 Å². The Morgan fingerprint density at radius 3 is 2.73 bits per heavy atom. The Kier molecular flexibility index (Phi) is 5.73. The highest BCUT2D eigenvalue weighted by molar-refractivity contribution is 6.02. The Hall–Kier alpha value is -3.27. The molecule has 1 aliphatic heterocycles. The van der Waals surface area contributed by atoms with Gasteiger partial charge in [0.15, 0.2) is 23.0 Å². The van der Waals surface area contributed by atoms with Crippen molar-refractivity contribution in [3.8, 4) is 22.6 Å². The number of rotatable bonds is 7. The number of anilines is 1. The number of amides is 1. The zero-order chi connectivity index (χ0) is 24.0. The van der Waals surface area contributed by atoms with Crippen molar-refractivity contribution < 1.29 is 28.2 Å².